The number of hydrogen-bond acceptors (Lipinski definition) is 3. The Balaban J connectivity index is 2.03. The summed E-state index contributed by atoms with van der Waals surface area (Å²) in [6, 6.07) is 0.933. The highest BCUT2D eigenvalue weighted by molar-refractivity contribution is 5.79. The van der Waals surface area contributed by atoms with Crippen molar-refractivity contribution in [1.29, 1.82) is 0 Å². The first-order valence-corrected chi connectivity index (χ1v) is 6.03. The molecule has 0 amide bonds. The number of hydrogen-bond donors (Lipinski definition) is 0. The first-order valence-electron chi connectivity index (χ1n) is 6.03. The molecule has 3 unspecified atom stereocenters. The Labute approximate surface area is 91.8 Å². The second-order valence-corrected chi connectivity index (χ2v) is 4.99. The zero-order chi connectivity index (χ0) is 10.8. The number of nitrogens with zero attached hydrogens (tertiary/aromatic N) is 1. The maximum Gasteiger partial charge on any atom is 0.134 e. The highest BCUT2D eigenvalue weighted by atomic mass is 16.5. The van der Waals surface area contributed by atoms with Crippen LogP contribution in [0.15, 0.2) is 0 Å². The van der Waals surface area contributed by atoms with Gasteiger partial charge in [0.25, 0.3) is 0 Å². The maximum absolute atomic E-state index is 11.5. The van der Waals surface area contributed by atoms with E-state index in [2.05, 4.69) is 18.7 Å². The van der Waals surface area contributed by atoms with Gasteiger partial charge in [-0.2, -0.15) is 0 Å². The molecule has 0 aromatic rings. The monoisotopic (exact) mass is 211 g/mol. The largest absolute Gasteiger partial charge is 0.379 e. The van der Waals surface area contributed by atoms with Crippen LogP contribution in [0.25, 0.3) is 0 Å². The molecule has 1 saturated carbocycles. The van der Waals surface area contributed by atoms with E-state index in [1.165, 1.54) is 0 Å². The van der Waals surface area contributed by atoms with Crippen LogP contribution in [0.2, 0.25) is 0 Å². The molecule has 1 aliphatic carbocycles. The lowest BCUT2D eigenvalue weighted by Gasteiger charge is -2.43. The van der Waals surface area contributed by atoms with Gasteiger partial charge < -0.3 is 4.74 Å². The number of Topliss-reactive ketones (excluding diaryl/α,β-unsaturated/α-hetero) is 1. The fraction of sp³-hybridized carbons (Fsp3) is 0.917. The minimum atomic E-state index is 0.441. The number of carbonyl (C=O) groups is 1. The molecule has 0 spiro atoms. The van der Waals surface area contributed by atoms with Crippen molar-refractivity contribution in [3.8, 4) is 0 Å². The third kappa shape index (κ3) is 2.40. The van der Waals surface area contributed by atoms with E-state index in [1.807, 2.05) is 0 Å². The molecule has 1 saturated heterocycles. The molecule has 0 aromatic heterocycles. The summed E-state index contributed by atoms with van der Waals surface area (Å²) in [5.74, 6) is 1.10. The lowest BCUT2D eigenvalue weighted by molar-refractivity contribution is -0.125. The molecule has 0 aromatic carbocycles. The van der Waals surface area contributed by atoms with Gasteiger partial charge in [0.1, 0.15) is 5.78 Å². The maximum atomic E-state index is 11.5. The predicted octanol–water partition coefficient (Wildman–Crippen LogP) is 1.46. The van der Waals surface area contributed by atoms with Crippen molar-refractivity contribution in [2.24, 2.45) is 5.92 Å². The van der Waals surface area contributed by atoms with Crippen molar-refractivity contribution in [3.63, 3.8) is 0 Å². The molecule has 2 aliphatic rings. The SMILES string of the molecule is CC1CCC(=O)CC1N1CCOCC1C. The van der Waals surface area contributed by atoms with Crippen molar-refractivity contribution in [2.45, 2.75) is 45.2 Å². The smallest absolute Gasteiger partial charge is 0.134 e. The standard InChI is InChI=1S/C12H21NO2/c1-9-3-4-11(14)7-12(9)13-5-6-15-8-10(13)2/h9-10,12H,3-8H2,1-2H3. The molecule has 15 heavy (non-hydrogen) atoms. The van der Waals surface area contributed by atoms with Crippen LogP contribution in [0, 0.1) is 5.92 Å². The fourth-order valence-electron chi connectivity index (χ4n) is 2.79. The lowest BCUT2D eigenvalue weighted by atomic mass is 9.83. The summed E-state index contributed by atoms with van der Waals surface area (Å²) in [5, 5.41) is 0. The molecule has 0 N–H and O–H groups in total. The fourth-order valence-corrected chi connectivity index (χ4v) is 2.79. The topological polar surface area (TPSA) is 29.5 Å². The average Bonchev–Trinajstić information content (AvgIpc) is 2.23. The van der Waals surface area contributed by atoms with Crippen LogP contribution in [0.3, 0.4) is 0 Å². The molecular weight excluding hydrogens is 190 g/mol. The van der Waals surface area contributed by atoms with E-state index in [0.29, 0.717) is 23.8 Å². The lowest BCUT2D eigenvalue weighted by Crippen LogP contribution is -2.53. The van der Waals surface area contributed by atoms with E-state index in [-0.39, 0.29) is 0 Å². The van der Waals surface area contributed by atoms with Gasteiger partial charge >= 0.3 is 0 Å². The number of carbonyl (C=O) groups excluding carboxylic acids is 1. The Morgan fingerprint density at radius 2 is 2.20 bits per heavy atom. The first kappa shape index (κ1) is 11.1. The number of ether oxygens (including phenoxy) is 1. The Hall–Kier alpha value is -0.410. The van der Waals surface area contributed by atoms with Crippen LogP contribution in [-0.2, 0) is 9.53 Å². The van der Waals surface area contributed by atoms with E-state index in [4.69, 9.17) is 4.74 Å². The number of morpholine rings is 1. The zero-order valence-electron chi connectivity index (χ0n) is 9.74. The van der Waals surface area contributed by atoms with Gasteiger partial charge in [-0.15, -0.1) is 0 Å². The van der Waals surface area contributed by atoms with E-state index >= 15 is 0 Å². The third-order valence-corrected chi connectivity index (χ3v) is 3.82. The molecule has 2 rings (SSSR count). The first-order chi connectivity index (χ1) is 7.18. The van der Waals surface area contributed by atoms with E-state index < -0.39 is 0 Å². The van der Waals surface area contributed by atoms with E-state index in [0.717, 1.165) is 39.0 Å². The second kappa shape index (κ2) is 4.62. The van der Waals surface area contributed by atoms with Crippen molar-refractivity contribution in [2.75, 3.05) is 19.8 Å². The van der Waals surface area contributed by atoms with Gasteiger partial charge in [0, 0.05) is 31.5 Å². The van der Waals surface area contributed by atoms with Gasteiger partial charge in [0.15, 0.2) is 0 Å². The Morgan fingerprint density at radius 1 is 1.40 bits per heavy atom. The van der Waals surface area contributed by atoms with Crippen molar-refractivity contribution < 1.29 is 9.53 Å². The van der Waals surface area contributed by atoms with Crippen molar-refractivity contribution in [1.82, 2.24) is 4.90 Å². The summed E-state index contributed by atoms with van der Waals surface area (Å²) in [6.45, 7) is 7.10. The normalized spacial score (nSPS) is 39.3. The molecule has 3 atom stereocenters. The molecule has 86 valence electrons. The quantitative estimate of drug-likeness (QED) is 0.657. The zero-order valence-corrected chi connectivity index (χ0v) is 9.74. The van der Waals surface area contributed by atoms with E-state index in [9.17, 15) is 4.79 Å². The van der Waals surface area contributed by atoms with Crippen LogP contribution in [0.1, 0.15) is 33.1 Å². The molecule has 3 heteroatoms. The van der Waals surface area contributed by atoms with Gasteiger partial charge in [-0.05, 0) is 19.3 Å². The summed E-state index contributed by atoms with van der Waals surface area (Å²) >= 11 is 0. The minimum absolute atomic E-state index is 0.441. The summed E-state index contributed by atoms with van der Waals surface area (Å²) in [6.07, 6.45) is 2.61. The van der Waals surface area contributed by atoms with Crippen LogP contribution in [0.5, 0.6) is 0 Å². The number of ketones is 1. The average molecular weight is 211 g/mol. The summed E-state index contributed by atoms with van der Waals surface area (Å²) in [4.78, 5) is 14.0. The molecular formula is C12H21NO2. The van der Waals surface area contributed by atoms with E-state index in [1.54, 1.807) is 0 Å². The highest BCUT2D eigenvalue weighted by Gasteiger charge is 2.34. The molecule has 3 nitrogen and oxygen atoms in total. The van der Waals surface area contributed by atoms with Gasteiger partial charge in [-0.25, -0.2) is 0 Å². The molecule has 1 aliphatic heterocycles. The van der Waals surface area contributed by atoms with Crippen molar-refractivity contribution in [3.05, 3.63) is 0 Å². The van der Waals surface area contributed by atoms with Crippen LogP contribution < -0.4 is 0 Å². The summed E-state index contributed by atoms with van der Waals surface area (Å²) < 4.78 is 5.44. The van der Waals surface area contributed by atoms with Gasteiger partial charge in [0.2, 0.25) is 0 Å². The van der Waals surface area contributed by atoms with Crippen molar-refractivity contribution >= 4 is 5.78 Å². The summed E-state index contributed by atoms with van der Waals surface area (Å²) in [7, 11) is 0. The summed E-state index contributed by atoms with van der Waals surface area (Å²) in [5.41, 5.74) is 0. The Morgan fingerprint density at radius 3 is 2.93 bits per heavy atom. The number of rotatable bonds is 1. The molecule has 2 fully saturated rings. The van der Waals surface area contributed by atoms with Gasteiger partial charge in [-0.3, -0.25) is 9.69 Å². The molecule has 0 bridgehead atoms. The molecule has 0 radical (unpaired) electrons. The minimum Gasteiger partial charge on any atom is -0.379 e. The third-order valence-electron chi connectivity index (χ3n) is 3.82. The van der Waals surface area contributed by atoms with Crippen LogP contribution >= 0.6 is 0 Å². The van der Waals surface area contributed by atoms with Gasteiger partial charge in [0.05, 0.1) is 13.2 Å². The highest BCUT2D eigenvalue weighted by Crippen LogP contribution is 2.28. The van der Waals surface area contributed by atoms with Crippen LogP contribution in [-0.4, -0.2) is 42.5 Å². The predicted molar refractivity (Wildman–Crippen MR) is 58.8 cm³/mol. The molecule has 1 heterocycles. The second-order valence-electron chi connectivity index (χ2n) is 4.99. The Kier molecular flexibility index (Phi) is 3.42. The Bertz CT molecular complexity index is 242. The van der Waals surface area contributed by atoms with Crippen LogP contribution in [0.4, 0.5) is 0 Å². The van der Waals surface area contributed by atoms with Gasteiger partial charge in [-0.1, -0.05) is 6.92 Å².